The summed E-state index contributed by atoms with van der Waals surface area (Å²) in [4.78, 5) is 19.2. The lowest BCUT2D eigenvalue weighted by Crippen LogP contribution is -2.46. The molecule has 1 aliphatic carbocycles. The number of nitrogens with one attached hydrogen (secondary N) is 2. The number of hydrogen-bond donors (Lipinski definition) is 2. The fourth-order valence-electron chi connectivity index (χ4n) is 4.53. The van der Waals surface area contributed by atoms with E-state index in [4.69, 9.17) is 11.6 Å². The molecule has 1 fully saturated rings. The van der Waals surface area contributed by atoms with Crippen LogP contribution in [0.15, 0.2) is 36.4 Å². The topological polar surface area (TPSA) is 82.3 Å². The third-order valence-corrected chi connectivity index (χ3v) is 8.92. The third-order valence-electron chi connectivity index (χ3n) is 6.11. The van der Waals surface area contributed by atoms with Crippen LogP contribution < -0.4 is 5.32 Å². The van der Waals surface area contributed by atoms with Crippen molar-refractivity contribution < 1.29 is 13.2 Å². The molecule has 30 heavy (non-hydrogen) atoms. The van der Waals surface area contributed by atoms with Gasteiger partial charge in [-0.25, -0.2) is 8.42 Å². The summed E-state index contributed by atoms with van der Waals surface area (Å²) in [6.07, 6.45) is 0.777. The second kappa shape index (κ2) is 7.67. The minimum absolute atomic E-state index is 0.0293. The smallest absolute Gasteiger partial charge is 0.268 e. The van der Waals surface area contributed by atoms with Crippen LogP contribution in [0.25, 0.3) is 10.2 Å². The van der Waals surface area contributed by atoms with Gasteiger partial charge in [0.1, 0.15) is 10.5 Å². The Morgan fingerprint density at radius 1 is 1.23 bits per heavy atom. The Bertz CT molecular complexity index is 1170. The second-order valence-electron chi connectivity index (χ2n) is 8.06. The number of fused-ring (bicyclic) bond motifs is 2. The quantitative estimate of drug-likeness (QED) is 0.623. The van der Waals surface area contributed by atoms with Crippen LogP contribution in [-0.4, -0.2) is 61.4 Å². The average Bonchev–Trinajstić information content (AvgIpc) is 3.35. The van der Waals surface area contributed by atoms with Crippen molar-refractivity contribution in [3.8, 4) is 0 Å². The molecular weight excluding hydrogens is 442 g/mol. The van der Waals surface area contributed by atoms with Crippen molar-refractivity contribution in [3.05, 3.63) is 57.6 Å². The number of benzene rings is 1. The van der Waals surface area contributed by atoms with Crippen LogP contribution in [0.3, 0.4) is 0 Å². The van der Waals surface area contributed by atoms with Crippen LogP contribution in [0.1, 0.15) is 27.5 Å². The molecule has 0 radical (unpaired) electrons. The maximum atomic E-state index is 13.0. The maximum Gasteiger partial charge on any atom is 0.268 e. The molecule has 2 atom stereocenters. The standard InChI is InChI=1S/C21H22ClN3O3S2/c22-19-11-14-10-18(24-21(14)29-19)20(26)23-17-9-13-3-1-2-4-15(13)16(17)12-25-5-7-30(27,28)8-6-25/h1-4,10-11,16-17,24H,5-9,12H2,(H,23,26)/t16-,17-/m1/s1. The van der Waals surface area contributed by atoms with Crippen molar-refractivity contribution in [3.63, 3.8) is 0 Å². The van der Waals surface area contributed by atoms with Crippen molar-refractivity contribution in [2.45, 2.75) is 18.4 Å². The van der Waals surface area contributed by atoms with Crippen LogP contribution in [-0.2, 0) is 16.3 Å². The van der Waals surface area contributed by atoms with Crippen LogP contribution in [0.2, 0.25) is 4.34 Å². The molecule has 2 N–H and O–H groups in total. The van der Waals surface area contributed by atoms with E-state index in [0.29, 0.717) is 23.1 Å². The summed E-state index contributed by atoms with van der Waals surface area (Å²) in [5, 5.41) is 4.16. The van der Waals surface area contributed by atoms with Crippen LogP contribution in [0.5, 0.6) is 0 Å². The van der Waals surface area contributed by atoms with Gasteiger partial charge in [0.05, 0.1) is 15.8 Å². The lowest BCUT2D eigenvalue weighted by Gasteiger charge is -2.31. The number of rotatable bonds is 4. The van der Waals surface area contributed by atoms with Crippen LogP contribution in [0, 0.1) is 0 Å². The highest BCUT2D eigenvalue weighted by Gasteiger charge is 2.36. The van der Waals surface area contributed by atoms with E-state index in [0.717, 1.165) is 23.2 Å². The number of aromatic nitrogens is 1. The highest BCUT2D eigenvalue weighted by Crippen LogP contribution is 2.35. The van der Waals surface area contributed by atoms with Gasteiger partial charge in [-0.2, -0.15) is 0 Å². The highest BCUT2D eigenvalue weighted by molar-refractivity contribution is 7.91. The predicted octanol–water partition coefficient (Wildman–Crippen LogP) is 3.05. The number of aromatic amines is 1. The number of amides is 1. The highest BCUT2D eigenvalue weighted by atomic mass is 35.5. The van der Waals surface area contributed by atoms with E-state index >= 15 is 0 Å². The van der Waals surface area contributed by atoms with Gasteiger partial charge < -0.3 is 15.2 Å². The average molecular weight is 464 g/mol. The van der Waals surface area contributed by atoms with E-state index in [2.05, 4.69) is 27.3 Å². The van der Waals surface area contributed by atoms with Crippen molar-refractivity contribution in [1.29, 1.82) is 0 Å². The van der Waals surface area contributed by atoms with Gasteiger partial charge in [0.25, 0.3) is 5.91 Å². The molecular formula is C21H22ClN3O3S2. The number of carbonyl (C=O) groups excluding carboxylic acids is 1. The summed E-state index contributed by atoms with van der Waals surface area (Å²) in [6, 6.07) is 11.9. The second-order valence-corrected chi connectivity index (χ2v) is 12.0. The largest absolute Gasteiger partial charge is 0.347 e. The number of hydrogen-bond acceptors (Lipinski definition) is 5. The van der Waals surface area contributed by atoms with E-state index in [-0.39, 0.29) is 29.4 Å². The summed E-state index contributed by atoms with van der Waals surface area (Å²) in [7, 11) is -2.91. The zero-order valence-electron chi connectivity index (χ0n) is 16.2. The monoisotopic (exact) mass is 463 g/mol. The molecule has 3 aromatic rings. The van der Waals surface area contributed by atoms with Gasteiger partial charge in [0.15, 0.2) is 9.84 Å². The van der Waals surface area contributed by atoms with Gasteiger partial charge in [-0.3, -0.25) is 4.79 Å². The van der Waals surface area contributed by atoms with Gasteiger partial charge in [-0.05, 0) is 29.7 Å². The zero-order valence-corrected chi connectivity index (χ0v) is 18.6. The number of sulfone groups is 1. The van der Waals surface area contributed by atoms with E-state index in [1.165, 1.54) is 22.5 Å². The Morgan fingerprint density at radius 3 is 2.77 bits per heavy atom. The summed E-state index contributed by atoms with van der Waals surface area (Å²) in [6.45, 7) is 1.84. The van der Waals surface area contributed by atoms with E-state index < -0.39 is 9.84 Å². The first-order valence-electron chi connectivity index (χ1n) is 9.97. The van der Waals surface area contributed by atoms with Crippen molar-refractivity contribution in [2.75, 3.05) is 31.1 Å². The maximum absolute atomic E-state index is 13.0. The predicted molar refractivity (Wildman–Crippen MR) is 120 cm³/mol. The molecule has 1 aromatic carbocycles. The number of halogens is 1. The van der Waals surface area contributed by atoms with Crippen molar-refractivity contribution in [1.82, 2.24) is 15.2 Å². The molecule has 1 amide bonds. The molecule has 0 unspecified atom stereocenters. The van der Waals surface area contributed by atoms with Gasteiger partial charge in [-0.15, -0.1) is 11.3 Å². The Hall–Kier alpha value is -1.87. The summed E-state index contributed by atoms with van der Waals surface area (Å²) in [5.41, 5.74) is 3.03. The minimum Gasteiger partial charge on any atom is -0.347 e. The fourth-order valence-corrected chi connectivity index (χ4v) is 6.93. The lowest BCUT2D eigenvalue weighted by atomic mass is 9.97. The minimum atomic E-state index is -2.91. The Labute approximate surface area is 184 Å². The first kappa shape index (κ1) is 20.1. The van der Waals surface area contributed by atoms with Crippen LogP contribution in [0.4, 0.5) is 0 Å². The van der Waals surface area contributed by atoms with Crippen LogP contribution >= 0.6 is 22.9 Å². The summed E-state index contributed by atoms with van der Waals surface area (Å²) < 4.78 is 24.2. The lowest BCUT2D eigenvalue weighted by molar-refractivity contribution is 0.0924. The normalized spacial score (nSPS) is 23.5. The van der Waals surface area contributed by atoms with Crippen molar-refractivity contribution >= 4 is 48.9 Å². The molecule has 0 bridgehead atoms. The van der Waals surface area contributed by atoms with E-state index in [1.54, 1.807) is 0 Å². The molecule has 158 valence electrons. The van der Waals surface area contributed by atoms with E-state index in [9.17, 15) is 13.2 Å². The number of thiophene rings is 1. The molecule has 5 rings (SSSR count). The number of H-pyrrole nitrogens is 1. The zero-order chi connectivity index (χ0) is 20.9. The third kappa shape index (κ3) is 3.89. The number of nitrogens with zero attached hydrogens (tertiary/aromatic N) is 1. The Balaban J connectivity index is 1.34. The summed E-state index contributed by atoms with van der Waals surface area (Å²) >= 11 is 7.45. The molecule has 6 nitrogen and oxygen atoms in total. The number of carbonyl (C=O) groups is 1. The van der Waals surface area contributed by atoms with Gasteiger partial charge >= 0.3 is 0 Å². The van der Waals surface area contributed by atoms with E-state index in [1.807, 2.05) is 24.3 Å². The molecule has 1 aliphatic heterocycles. The van der Waals surface area contributed by atoms with Gasteiger partial charge in [0.2, 0.25) is 0 Å². The van der Waals surface area contributed by atoms with Crippen molar-refractivity contribution in [2.24, 2.45) is 0 Å². The summed E-state index contributed by atoms with van der Waals surface area (Å²) in [5.74, 6) is 0.426. The molecule has 2 aromatic heterocycles. The Kier molecular flexibility index (Phi) is 5.13. The molecule has 0 saturated carbocycles. The Morgan fingerprint density at radius 2 is 2.00 bits per heavy atom. The molecule has 2 aliphatic rings. The van der Waals surface area contributed by atoms with Gasteiger partial charge in [-0.1, -0.05) is 35.9 Å². The fraction of sp³-hybridized carbons (Fsp3) is 0.381. The molecule has 0 spiro atoms. The first-order chi connectivity index (χ1) is 14.4. The SMILES string of the molecule is O=C(N[C@@H]1Cc2ccccc2[C@H]1CN1CCS(=O)(=O)CC1)c1cc2cc(Cl)sc2[nH]1. The van der Waals surface area contributed by atoms with Gasteiger partial charge in [0, 0.05) is 37.0 Å². The molecule has 1 saturated heterocycles. The molecule has 9 heteroatoms. The molecule has 3 heterocycles. The first-order valence-corrected chi connectivity index (χ1v) is 13.0.